The normalized spacial score (nSPS) is 21.8. The zero-order valence-electron chi connectivity index (χ0n) is 20.7. The third kappa shape index (κ3) is 5.26. The monoisotopic (exact) mass is 493 g/mol. The van der Waals surface area contributed by atoms with Crippen LogP contribution < -0.4 is 15.4 Å². The number of ether oxygens (including phenoxy) is 2. The van der Waals surface area contributed by atoms with Gasteiger partial charge in [-0.15, -0.1) is 0 Å². The quantitative estimate of drug-likeness (QED) is 0.494. The number of fused-ring (bicyclic) bond motifs is 3. The molecule has 2 saturated heterocycles. The van der Waals surface area contributed by atoms with Crippen LogP contribution in [0.3, 0.4) is 0 Å². The van der Waals surface area contributed by atoms with Crippen LogP contribution in [0.1, 0.15) is 51.6 Å². The van der Waals surface area contributed by atoms with Gasteiger partial charge in [0.05, 0.1) is 43.6 Å². The summed E-state index contributed by atoms with van der Waals surface area (Å²) in [4.78, 5) is 28.1. The van der Waals surface area contributed by atoms with Gasteiger partial charge in [0.15, 0.2) is 0 Å². The predicted molar refractivity (Wildman–Crippen MR) is 135 cm³/mol. The molecule has 3 unspecified atom stereocenters. The van der Waals surface area contributed by atoms with Crippen LogP contribution >= 0.6 is 0 Å². The standard InChI is InChI=1S/C28H35N3O5/c1-2-36-26-13-20(28(34)31-22-8-9-23(31)17-35-16-22)7-10-25(26)27(33)30-15-24(32)14-29-21-11-18-5-3-4-6-19(18)12-21/h3-7,10,13,21-24,29,32H,2,8-9,11-12,14-17H2,1H3,(H,30,33). The fourth-order valence-electron chi connectivity index (χ4n) is 5.61. The molecule has 192 valence electrons. The summed E-state index contributed by atoms with van der Waals surface area (Å²) in [6, 6.07) is 13.9. The molecule has 0 aromatic heterocycles. The number of benzene rings is 2. The van der Waals surface area contributed by atoms with Crippen LogP contribution in [-0.2, 0) is 17.6 Å². The first-order valence-corrected chi connectivity index (χ1v) is 13.0. The molecular weight excluding hydrogens is 458 g/mol. The van der Waals surface area contributed by atoms with Crippen molar-refractivity contribution in [1.82, 2.24) is 15.5 Å². The molecular formula is C28H35N3O5. The summed E-state index contributed by atoms with van der Waals surface area (Å²) in [5.41, 5.74) is 3.56. The number of aliphatic hydroxyl groups is 1. The van der Waals surface area contributed by atoms with Crippen molar-refractivity contribution >= 4 is 11.8 Å². The Labute approximate surface area is 212 Å². The summed E-state index contributed by atoms with van der Waals surface area (Å²) in [6.07, 6.45) is 3.10. The average Bonchev–Trinajstić information content (AvgIpc) is 3.42. The number of rotatable bonds is 9. The zero-order valence-corrected chi connectivity index (χ0v) is 20.7. The van der Waals surface area contributed by atoms with Gasteiger partial charge >= 0.3 is 0 Å². The molecule has 5 rings (SSSR count). The molecule has 0 saturated carbocycles. The second kappa shape index (κ2) is 11.0. The van der Waals surface area contributed by atoms with Crippen LogP contribution in [0.4, 0.5) is 0 Å². The number of hydrogen-bond donors (Lipinski definition) is 3. The lowest BCUT2D eigenvalue weighted by Gasteiger charge is -2.34. The molecule has 3 N–H and O–H groups in total. The van der Waals surface area contributed by atoms with Crippen LogP contribution in [0.25, 0.3) is 0 Å². The number of carbonyl (C=O) groups excluding carboxylic acids is 2. The van der Waals surface area contributed by atoms with Crippen molar-refractivity contribution in [2.24, 2.45) is 0 Å². The van der Waals surface area contributed by atoms with E-state index in [2.05, 4.69) is 34.9 Å². The van der Waals surface area contributed by atoms with Crippen molar-refractivity contribution in [2.45, 2.75) is 56.8 Å². The molecule has 36 heavy (non-hydrogen) atoms. The first-order valence-electron chi connectivity index (χ1n) is 13.0. The van der Waals surface area contributed by atoms with Crippen molar-refractivity contribution in [2.75, 3.05) is 32.9 Å². The van der Waals surface area contributed by atoms with Crippen LogP contribution in [0, 0.1) is 0 Å². The summed E-state index contributed by atoms with van der Waals surface area (Å²) in [6.45, 7) is 3.88. The molecule has 8 nitrogen and oxygen atoms in total. The molecule has 2 amide bonds. The minimum Gasteiger partial charge on any atom is -0.493 e. The molecule has 3 atom stereocenters. The van der Waals surface area contributed by atoms with Crippen molar-refractivity contribution < 1.29 is 24.2 Å². The van der Waals surface area contributed by atoms with E-state index >= 15 is 0 Å². The van der Waals surface area contributed by atoms with E-state index in [0.29, 0.717) is 49.3 Å². The summed E-state index contributed by atoms with van der Waals surface area (Å²) < 4.78 is 11.3. The Morgan fingerprint density at radius 2 is 1.78 bits per heavy atom. The summed E-state index contributed by atoms with van der Waals surface area (Å²) in [5.74, 6) is -0.0109. The SMILES string of the molecule is CCOc1cc(C(=O)N2C3CCC2COC3)ccc1C(=O)NCC(O)CNC1Cc2ccccc2C1. The van der Waals surface area contributed by atoms with Crippen molar-refractivity contribution in [1.29, 1.82) is 0 Å². The van der Waals surface area contributed by atoms with Crippen molar-refractivity contribution in [3.05, 3.63) is 64.7 Å². The maximum absolute atomic E-state index is 13.2. The third-order valence-corrected chi connectivity index (χ3v) is 7.44. The van der Waals surface area contributed by atoms with Crippen LogP contribution in [-0.4, -0.2) is 79.0 Å². The Morgan fingerprint density at radius 1 is 1.08 bits per heavy atom. The van der Waals surface area contributed by atoms with Gasteiger partial charge in [-0.25, -0.2) is 0 Å². The van der Waals surface area contributed by atoms with Gasteiger partial charge in [0.2, 0.25) is 0 Å². The van der Waals surface area contributed by atoms with E-state index in [1.54, 1.807) is 18.2 Å². The molecule has 2 aliphatic heterocycles. The minimum absolute atomic E-state index is 0.0470. The van der Waals surface area contributed by atoms with Gasteiger partial charge in [0.25, 0.3) is 11.8 Å². The van der Waals surface area contributed by atoms with Gasteiger partial charge in [-0.2, -0.15) is 0 Å². The average molecular weight is 494 g/mol. The first kappa shape index (κ1) is 24.7. The largest absolute Gasteiger partial charge is 0.493 e. The first-order chi connectivity index (χ1) is 17.5. The van der Waals surface area contributed by atoms with E-state index in [9.17, 15) is 14.7 Å². The maximum Gasteiger partial charge on any atom is 0.255 e. The highest BCUT2D eigenvalue weighted by Gasteiger charge is 2.40. The molecule has 8 heteroatoms. The van der Waals surface area contributed by atoms with Gasteiger partial charge in [0, 0.05) is 24.7 Å². The van der Waals surface area contributed by atoms with Crippen LogP contribution in [0.2, 0.25) is 0 Å². The van der Waals surface area contributed by atoms with Crippen molar-refractivity contribution in [3.63, 3.8) is 0 Å². The second-order valence-corrected chi connectivity index (χ2v) is 9.92. The highest BCUT2D eigenvalue weighted by atomic mass is 16.5. The predicted octanol–water partition coefficient (Wildman–Crippen LogP) is 1.94. The Hall–Kier alpha value is -2.94. The Bertz CT molecular complexity index is 1070. The summed E-state index contributed by atoms with van der Waals surface area (Å²) >= 11 is 0. The fourth-order valence-corrected chi connectivity index (χ4v) is 5.61. The zero-order chi connectivity index (χ0) is 25.1. The van der Waals surface area contributed by atoms with E-state index < -0.39 is 6.10 Å². The molecule has 2 aromatic carbocycles. The Kier molecular flexibility index (Phi) is 7.55. The lowest BCUT2D eigenvalue weighted by molar-refractivity contribution is -0.00717. The summed E-state index contributed by atoms with van der Waals surface area (Å²) in [7, 11) is 0. The van der Waals surface area contributed by atoms with E-state index in [4.69, 9.17) is 9.47 Å². The van der Waals surface area contributed by atoms with E-state index in [1.807, 2.05) is 11.8 Å². The van der Waals surface area contributed by atoms with Gasteiger partial charge < -0.3 is 30.1 Å². The maximum atomic E-state index is 13.2. The van der Waals surface area contributed by atoms with Gasteiger partial charge in [-0.3, -0.25) is 9.59 Å². The number of morpholine rings is 1. The molecule has 0 radical (unpaired) electrons. The third-order valence-electron chi connectivity index (χ3n) is 7.44. The highest BCUT2D eigenvalue weighted by Crippen LogP contribution is 2.31. The topological polar surface area (TPSA) is 100 Å². The van der Waals surface area contributed by atoms with E-state index in [0.717, 1.165) is 25.7 Å². The number of nitrogens with zero attached hydrogens (tertiary/aromatic N) is 1. The minimum atomic E-state index is -0.717. The van der Waals surface area contributed by atoms with Crippen LogP contribution in [0.5, 0.6) is 5.75 Å². The number of carbonyl (C=O) groups is 2. The summed E-state index contributed by atoms with van der Waals surface area (Å²) in [5, 5.41) is 16.7. The lowest BCUT2D eigenvalue weighted by Crippen LogP contribution is -2.49. The van der Waals surface area contributed by atoms with Crippen molar-refractivity contribution in [3.8, 4) is 5.75 Å². The number of nitrogens with one attached hydrogen (secondary N) is 2. The molecule has 3 aliphatic rings. The molecule has 2 heterocycles. The van der Waals surface area contributed by atoms with Gasteiger partial charge in [-0.1, -0.05) is 24.3 Å². The van der Waals surface area contributed by atoms with Crippen LogP contribution in [0.15, 0.2) is 42.5 Å². The Balaban J connectivity index is 1.16. The lowest BCUT2D eigenvalue weighted by atomic mass is 10.1. The highest BCUT2D eigenvalue weighted by molar-refractivity contribution is 6.00. The van der Waals surface area contributed by atoms with E-state index in [1.165, 1.54) is 11.1 Å². The molecule has 2 fully saturated rings. The molecule has 2 bridgehead atoms. The molecule has 1 aliphatic carbocycles. The Morgan fingerprint density at radius 3 is 2.44 bits per heavy atom. The van der Waals surface area contributed by atoms with E-state index in [-0.39, 0.29) is 30.4 Å². The number of amides is 2. The smallest absolute Gasteiger partial charge is 0.255 e. The molecule has 0 spiro atoms. The molecule has 2 aromatic rings. The van der Waals surface area contributed by atoms with Gasteiger partial charge in [0.1, 0.15) is 5.75 Å². The number of aliphatic hydroxyl groups excluding tert-OH is 1. The number of hydrogen-bond acceptors (Lipinski definition) is 6. The second-order valence-electron chi connectivity index (χ2n) is 9.92. The van der Waals surface area contributed by atoms with Gasteiger partial charge in [-0.05, 0) is 61.9 Å². The fraction of sp³-hybridized carbons (Fsp3) is 0.500.